The van der Waals surface area contributed by atoms with E-state index in [2.05, 4.69) is 24.0 Å². The van der Waals surface area contributed by atoms with Crippen LogP contribution < -0.4 is 5.73 Å². The van der Waals surface area contributed by atoms with Gasteiger partial charge in [-0.05, 0) is 12.5 Å². The molecule has 14 heavy (non-hydrogen) atoms. The minimum Gasteiger partial charge on any atom is -0.369 e. The van der Waals surface area contributed by atoms with Crippen LogP contribution in [0.2, 0.25) is 0 Å². The topological polar surface area (TPSA) is 43.8 Å². The normalized spacial score (nSPS) is 12.6. The van der Waals surface area contributed by atoms with Gasteiger partial charge in [0.15, 0.2) is 0 Å². The predicted molar refractivity (Wildman–Crippen MR) is 56.9 cm³/mol. The third-order valence-corrected chi connectivity index (χ3v) is 2.40. The van der Waals surface area contributed by atoms with E-state index >= 15 is 0 Å². The van der Waals surface area contributed by atoms with Crippen molar-refractivity contribution in [1.82, 2.24) is 9.55 Å². The van der Waals surface area contributed by atoms with E-state index in [0.717, 1.165) is 0 Å². The Labute approximate surface area is 83.2 Å². The van der Waals surface area contributed by atoms with Gasteiger partial charge in [-0.2, -0.15) is 0 Å². The van der Waals surface area contributed by atoms with Crippen molar-refractivity contribution in [1.29, 1.82) is 0 Å². The van der Waals surface area contributed by atoms with Gasteiger partial charge in [-0.15, -0.1) is 0 Å². The van der Waals surface area contributed by atoms with Crippen molar-refractivity contribution in [2.45, 2.75) is 13.0 Å². The highest BCUT2D eigenvalue weighted by atomic mass is 15.1. The summed E-state index contributed by atoms with van der Waals surface area (Å²) in [7, 11) is 0. The summed E-state index contributed by atoms with van der Waals surface area (Å²) < 4.78 is 1.95. The van der Waals surface area contributed by atoms with Gasteiger partial charge in [0.05, 0.1) is 6.04 Å². The molecule has 0 saturated heterocycles. The van der Waals surface area contributed by atoms with E-state index in [4.69, 9.17) is 5.73 Å². The number of rotatable bonds is 2. The van der Waals surface area contributed by atoms with E-state index in [1.807, 2.05) is 29.0 Å². The monoisotopic (exact) mass is 187 g/mol. The molecule has 2 N–H and O–H groups in total. The van der Waals surface area contributed by atoms with Gasteiger partial charge in [-0.3, -0.25) is 0 Å². The lowest BCUT2D eigenvalue weighted by Crippen LogP contribution is -2.08. The van der Waals surface area contributed by atoms with E-state index in [-0.39, 0.29) is 6.04 Å². The summed E-state index contributed by atoms with van der Waals surface area (Å²) in [6.45, 7) is 2.10. The molecule has 0 aliphatic rings. The smallest absolute Gasteiger partial charge is 0.200 e. The van der Waals surface area contributed by atoms with Gasteiger partial charge in [0.2, 0.25) is 5.95 Å². The quantitative estimate of drug-likeness (QED) is 0.782. The molecule has 2 aromatic rings. The number of anilines is 1. The third kappa shape index (κ3) is 1.48. The fourth-order valence-electron chi connectivity index (χ4n) is 1.54. The number of hydrogen-bond acceptors (Lipinski definition) is 2. The molecule has 1 aromatic heterocycles. The van der Waals surface area contributed by atoms with Crippen LogP contribution in [0, 0.1) is 0 Å². The minimum atomic E-state index is 0.235. The van der Waals surface area contributed by atoms with Gasteiger partial charge < -0.3 is 10.3 Å². The fraction of sp³-hybridized carbons (Fsp3) is 0.182. The largest absolute Gasteiger partial charge is 0.369 e. The van der Waals surface area contributed by atoms with Crippen LogP contribution in [0.15, 0.2) is 42.7 Å². The molecule has 3 nitrogen and oxygen atoms in total. The van der Waals surface area contributed by atoms with Gasteiger partial charge in [0.25, 0.3) is 0 Å². The number of imidazole rings is 1. The first-order chi connectivity index (χ1) is 6.79. The Kier molecular flexibility index (Phi) is 2.23. The second kappa shape index (κ2) is 3.54. The Morgan fingerprint density at radius 1 is 1.29 bits per heavy atom. The fourth-order valence-corrected chi connectivity index (χ4v) is 1.54. The molecular weight excluding hydrogens is 174 g/mol. The molecule has 0 fully saturated rings. The number of aromatic nitrogens is 2. The number of nitrogen functional groups attached to an aromatic ring is 1. The molecule has 0 aliphatic carbocycles. The van der Waals surface area contributed by atoms with Gasteiger partial charge in [0.1, 0.15) is 0 Å². The first-order valence-electron chi connectivity index (χ1n) is 4.62. The molecule has 72 valence electrons. The van der Waals surface area contributed by atoms with Crippen LogP contribution in [-0.2, 0) is 0 Å². The Morgan fingerprint density at radius 3 is 2.57 bits per heavy atom. The Balaban J connectivity index is 2.34. The molecule has 1 unspecified atom stereocenters. The summed E-state index contributed by atoms with van der Waals surface area (Å²) >= 11 is 0. The lowest BCUT2D eigenvalue weighted by molar-refractivity contribution is 0.648. The molecule has 0 amide bonds. The van der Waals surface area contributed by atoms with E-state index in [1.165, 1.54) is 5.56 Å². The average Bonchev–Trinajstić information content (AvgIpc) is 2.65. The zero-order chi connectivity index (χ0) is 9.97. The standard InChI is InChI=1S/C11H13N3/c1-9(10-5-3-2-4-6-10)14-8-7-13-11(14)12/h2-9H,1H3,(H2,12,13). The summed E-state index contributed by atoms with van der Waals surface area (Å²) in [6, 6.07) is 10.5. The average molecular weight is 187 g/mol. The zero-order valence-electron chi connectivity index (χ0n) is 8.09. The van der Waals surface area contributed by atoms with Gasteiger partial charge in [-0.25, -0.2) is 4.98 Å². The molecule has 1 heterocycles. The second-order valence-corrected chi connectivity index (χ2v) is 3.28. The number of nitrogens with zero attached hydrogens (tertiary/aromatic N) is 2. The molecule has 0 spiro atoms. The number of benzene rings is 1. The summed E-state index contributed by atoms with van der Waals surface area (Å²) in [5.41, 5.74) is 6.96. The molecule has 1 aromatic carbocycles. The highest BCUT2D eigenvalue weighted by molar-refractivity contribution is 5.25. The summed E-state index contributed by atoms with van der Waals surface area (Å²) in [5, 5.41) is 0. The van der Waals surface area contributed by atoms with Crippen LogP contribution in [0.1, 0.15) is 18.5 Å². The lowest BCUT2D eigenvalue weighted by atomic mass is 10.1. The van der Waals surface area contributed by atoms with Crippen molar-refractivity contribution in [3.8, 4) is 0 Å². The van der Waals surface area contributed by atoms with E-state index in [0.29, 0.717) is 5.95 Å². The molecule has 0 bridgehead atoms. The van der Waals surface area contributed by atoms with Gasteiger partial charge in [0, 0.05) is 12.4 Å². The van der Waals surface area contributed by atoms with Crippen molar-refractivity contribution in [2.75, 3.05) is 5.73 Å². The van der Waals surface area contributed by atoms with E-state index < -0.39 is 0 Å². The second-order valence-electron chi connectivity index (χ2n) is 3.28. The molecule has 0 aliphatic heterocycles. The highest BCUT2D eigenvalue weighted by Gasteiger charge is 2.08. The Hall–Kier alpha value is -1.77. The van der Waals surface area contributed by atoms with Crippen LogP contribution in [0.4, 0.5) is 5.95 Å². The van der Waals surface area contributed by atoms with E-state index in [9.17, 15) is 0 Å². The minimum absolute atomic E-state index is 0.235. The molecule has 0 radical (unpaired) electrons. The first-order valence-corrected chi connectivity index (χ1v) is 4.62. The van der Waals surface area contributed by atoms with Crippen LogP contribution in [-0.4, -0.2) is 9.55 Å². The molecule has 1 atom stereocenters. The maximum absolute atomic E-state index is 5.73. The molecular formula is C11H13N3. The van der Waals surface area contributed by atoms with E-state index in [1.54, 1.807) is 6.20 Å². The highest BCUT2D eigenvalue weighted by Crippen LogP contribution is 2.19. The van der Waals surface area contributed by atoms with Crippen LogP contribution in [0.5, 0.6) is 0 Å². The third-order valence-electron chi connectivity index (χ3n) is 2.40. The van der Waals surface area contributed by atoms with Gasteiger partial charge >= 0.3 is 0 Å². The summed E-state index contributed by atoms with van der Waals surface area (Å²) in [5.74, 6) is 0.557. The maximum atomic E-state index is 5.73. The summed E-state index contributed by atoms with van der Waals surface area (Å²) in [4.78, 5) is 4.00. The predicted octanol–water partition coefficient (Wildman–Crippen LogP) is 2.07. The Bertz CT molecular complexity index is 405. The van der Waals surface area contributed by atoms with Gasteiger partial charge in [-0.1, -0.05) is 30.3 Å². The lowest BCUT2D eigenvalue weighted by Gasteiger charge is -2.14. The van der Waals surface area contributed by atoms with Crippen LogP contribution in [0.25, 0.3) is 0 Å². The van der Waals surface area contributed by atoms with Crippen LogP contribution in [0.3, 0.4) is 0 Å². The van der Waals surface area contributed by atoms with Crippen molar-refractivity contribution >= 4 is 5.95 Å². The van der Waals surface area contributed by atoms with Crippen molar-refractivity contribution in [3.05, 3.63) is 48.3 Å². The maximum Gasteiger partial charge on any atom is 0.200 e. The first kappa shape index (κ1) is 8.81. The molecule has 3 heteroatoms. The zero-order valence-corrected chi connectivity index (χ0v) is 8.09. The Morgan fingerprint density at radius 2 is 2.00 bits per heavy atom. The van der Waals surface area contributed by atoms with Crippen LogP contribution >= 0.6 is 0 Å². The van der Waals surface area contributed by atoms with Crippen molar-refractivity contribution in [3.63, 3.8) is 0 Å². The number of nitrogens with two attached hydrogens (primary N) is 1. The van der Waals surface area contributed by atoms with Crippen molar-refractivity contribution < 1.29 is 0 Å². The summed E-state index contributed by atoms with van der Waals surface area (Å²) in [6.07, 6.45) is 3.61. The molecule has 2 rings (SSSR count). The number of hydrogen-bond donors (Lipinski definition) is 1. The molecule has 0 saturated carbocycles. The SMILES string of the molecule is CC(c1ccccc1)n1ccnc1N. The van der Waals surface area contributed by atoms with Crippen molar-refractivity contribution in [2.24, 2.45) is 0 Å².